The van der Waals surface area contributed by atoms with E-state index in [1.165, 1.54) is 11.7 Å². The first-order valence-electron chi connectivity index (χ1n) is 9.63. The second-order valence-electron chi connectivity index (χ2n) is 7.01. The minimum absolute atomic E-state index is 0.0590. The van der Waals surface area contributed by atoms with Crippen molar-refractivity contribution in [2.45, 2.75) is 13.5 Å². The molecule has 0 N–H and O–H groups in total. The molecule has 1 heterocycles. The van der Waals surface area contributed by atoms with E-state index in [2.05, 4.69) is 10.4 Å². The first kappa shape index (κ1) is 20.3. The predicted molar refractivity (Wildman–Crippen MR) is 114 cm³/mol. The molecule has 0 bridgehead atoms. The Morgan fingerprint density at radius 1 is 1.03 bits per heavy atom. The number of hydrogen-bond donors (Lipinski definition) is 0. The van der Waals surface area contributed by atoms with Crippen molar-refractivity contribution in [2.75, 3.05) is 7.11 Å². The van der Waals surface area contributed by atoms with Crippen molar-refractivity contribution in [3.63, 3.8) is 0 Å². The van der Waals surface area contributed by atoms with Crippen LogP contribution in [0.2, 0.25) is 0 Å². The third-order valence-electron chi connectivity index (χ3n) is 5.05. The number of halogens is 1. The Hall–Kier alpha value is -3.94. The second-order valence-corrected chi connectivity index (χ2v) is 7.01. The van der Waals surface area contributed by atoms with Crippen LogP contribution in [-0.4, -0.2) is 26.9 Å². The van der Waals surface area contributed by atoms with Gasteiger partial charge in [0.15, 0.2) is 11.6 Å². The Bertz CT molecular complexity index is 1300. The SMILES string of the molecule is COc1cccc(-c2cccc(OCc3c(C)cccc3-n3nnn(C)c3=O)c2F)c1. The lowest BCUT2D eigenvalue weighted by Crippen LogP contribution is -2.23. The lowest BCUT2D eigenvalue weighted by atomic mass is 10.0. The standard InChI is InChI=1S/C23H21FN4O3/c1-15-7-4-11-20(28-23(29)27(2)25-26-28)19(15)14-31-21-12-6-10-18(22(21)24)16-8-5-9-17(13-16)30-3/h4-13H,14H2,1-3H3. The molecule has 0 amide bonds. The molecule has 0 saturated carbocycles. The summed E-state index contributed by atoms with van der Waals surface area (Å²) in [4.78, 5) is 12.3. The number of ether oxygens (including phenoxy) is 2. The van der Waals surface area contributed by atoms with Crippen molar-refractivity contribution < 1.29 is 13.9 Å². The highest BCUT2D eigenvalue weighted by molar-refractivity contribution is 5.67. The molecule has 0 radical (unpaired) electrons. The number of aryl methyl sites for hydroxylation is 2. The number of benzene rings is 3. The molecule has 0 atom stereocenters. The van der Waals surface area contributed by atoms with E-state index in [0.29, 0.717) is 22.6 Å². The van der Waals surface area contributed by atoms with Gasteiger partial charge in [0, 0.05) is 18.2 Å². The highest BCUT2D eigenvalue weighted by Gasteiger charge is 2.16. The molecule has 0 spiro atoms. The van der Waals surface area contributed by atoms with E-state index in [-0.39, 0.29) is 18.0 Å². The predicted octanol–water partition coefficient (Wildman–Crippen LogP) is 3.67. The van der Waals surface area contributed by atoms with Gasteiger partial charge >= 0.3 is 5.69 Å². The van der Waals surface area contributed by atoms with Gasteiger partial charge in [0.1, 0.15) is 12.4 Å². The topological polar surface area (TPSA) is 71.2 Å². The van der Waals surface area contributed by atoms with Crippen molar-refractivity contribution in [1.82, 2.24) is 19.8 Å². The van der Waals surface area contributed by atoms with Crippen LogP contribution in [0.5, 0.6) is 11.5 Å². The third-order valence-corrected chi connectivity index (χ3v) is 5.05. The maximum absolute atomic E-state index is 15.2. The maximum atomic E-state index is 15.2. The van der Waals surface area contributed by atoms with E-state index < -0.39 is 5.82 Å². The van der Waals surface area contributed by atoms with Gasteiger partial charge in [0.2, 0.25) is 0 Å². The van der Waals surface area contributed by atoms with E-state index >= 15 is 4.39 Å². The van der Waals surface area contributed by atoms with Crippen LogP contribution >= 0.6 is 0 Å². The zero-order chi connectivity index (χ0) is 22.0. The van der Waals surface area contributed by atoms with Gasteiger partial charge in [-0.15, -0.1) is 0 Å². The molecule has 0 saturated heterocycles. The van der Waals surface area contributed by atoms with Crippen LogP contribution in [0.4, 0.5) is 4.39 Å². The molecule has 0 aliphatic rings. The van der Waals surface area contributed by atoms with Crippen LogP contribution in [0.25, 0.3) is 16.8 Å². The van der Waals surface area contributed by atoms with E-state index in [1.807, 2.05) is 25.1 Å². The molecule has 158 valence electrons. The zero-order valence-electron chi connectivity index (χ0n) is 17.4. The molecule has 0 aliphatic heterocycles. The van der Waals surface area contributed by atoms with Gasteiger partial charge in [-0.1, -0.05) is 36.4 Å². The summed E-state index contributed by atoms with van der Waals surface area (Å²) < 4.78 is 28.7. The van der Waals surface area contributed by atoms with Crippen LogP contribution in [0.15, 0.2) is 65.5 Å². The summed E-state index contributed by atoms with van der Waals surface area (Å²) in [6.07, 6.45) is 0. The van der Waals surface area contributed by atoms with Crippen molar-refractivity contribution >= 4 is 0 Å². The van der Waals surface area contributed by atoms with Crippen LogP contribution in [0.1, 0.15) is 11.1 Å². The number of nitrogens with zero attached hydrogens (tertiary/aromatic N) is 4. The third kappa shape index (κ3) is 3.92. The van der Waals surface area contributed by atoms with Crippen LogP contribution < -0.4 is 15.2 Å². The molecule has 4 aromatic rings. The number of methoxy groups -OCH3 is 1. The van der Waals surface area contributed by atoms with Gasteiger partial charge in [0.25, 0.3) is 0 Å². The lowest BCUT2D eigenvalue weighted by molar-refractivity contribution is 0.289. The minimum atomic E-state index is -0.470. The molecule has 0 aliphatic carbocycles. The number of rotatable bonds is 6. The fraction of sp³-hybridized carbons (Fsp3) is 0.174. The van der Waals surface area contributed by atoms with E-state index in [9.17, 15) is 4.79 Å². The Morgan fingerprint density at radius 2 is 1.81 bits per heavy atom. The van der Waals surface area contributed by atoms with Gasteiger partial charge in [-0.2, -0.15) is 9.36 Å². The second kappa shape index (κ2) is 8.43. The molecule has 3 aromatic carbocycles. The summed E-state index contributed by atoms with van der Waals surface area (Å²) >= 11 is 0. The zero-order valence-corrected chi connectivity index (χ0v) is 17.4. The smallest absolute Gasteiger partial charge is 0.368 e. The molecule has 4 rings (SSSR count). The van der Waals surface area contributed by atoms with Gasteiger partial charge in [-0.25, -0.2) is 9.18 Å². The summed E-state index contributed by atoms with van der Waals surface area (Å²) in [5, 5.41) is 7.67. The molecule has 31 heavy (non-hydrogen) atoms. The first-order chi connectivity index (χ1) is 15.0. The average Bonchev–Trinajstić information content (AvgIpc) is 3.12. The largest absolute Gasteiger partial charge is 0.497 e. The van der Waals surface area contributed by atoms with Gasteiger partial charge in [-0.3, -0.25) is 0 Å². The molecule has 0 unspecified atom stereocenters. The monoisotopic (exact) mass is 420 g/mol. The number of hydrogen-bond acceptors (Lipinski definition) is 5. The first-order valence-corrected chi connectivity index (χ1v) is 9.63. The fourth-order valence-corrected chi connectivity index (χ4v) is 3.32. The maximum Gasteiger partial charge on any atom is 0.368 e. The van der Waals surface area contributed by atoms with Crippen LogP contribution in [0, 0.1) is 12.7 Å². The molecule has 8 heteroatoms. The van der Waals surface area contributed by atoms with Gasteiger partial charge in [0.05, 0.1) is 12.8 Å². The quantitative estimate of drug-likeness (QED) is 0.476. The van der Waals surface area contributed by atoms with Crippen molar-refractivity contribution in [3.05, 3.63) is 88.1 Å². The Kier molecular flexibility index (Phi) is 5.53. The summed E-state index contributed by atoms with van der Waals surface area (Å²) in [7, 11) is 3.09. The average molecular weight is 420 g/mol. The molecule has 1 aromatic heterocycles. The Labute approximate surface area is 178 Å². The van der Waals surface area contributed by atoms with Crippen molar-refractivity contribution in [3.8, 4) is 28.3 Å². The molecular formula is C23H21FN4O3. The van der Waals surface area contributed by atoms with E-state index in [0.717, 1.165) is 15.8 Å². The highest BCUT2D eigenvalue weighted by Crippen LogP contribution is 2.31. The summed E-state index contributed by atoms with van der Waals surface area (Å²) in [6.45, 7) is 1.95. The summed E-state index contributed by atoms with van der Waals surface area (Å²) in [5.74, 6) is 0.283. The molecular weight excluding hydrogens is 399 g/mol. The van der Waals surface area contributed by atoms with Crippen LogP contribution in [0.3, 0.4) is 0 Å². The Balaban J connectivity index is 1.67. The molecule has 0 fully saturated rings. The lowest BCUT2D eigenvalue weighted by Gasteiger charge is -2.14. The van der Waals surface area contributed by atoms with Crippen molar-refractivity contribution in [2.24, 2.45) is 7.05 Å². The normalized spacial score (nSPS) is 10.8. The Morgan fingerprint density at radius 3 is 2.55 bits per heavy atom. The van der Waals surface area contributed by atoms with Crippen molar-refractivity contribution in [1.29, 1.82) is 0 Å². The number of aromatic nitrogens is 4. The minimum Gasteiger partial charge on any atom is -0.497 e. The fourth-order valence-electron chi connectivity index (χ4n) is 3.32. The number of tetrazole rings is 1. The van der Waals surface area contributed by atoms with E-state index in [4.69, 9.17) is 9.47 Å². The summed E-state index contributed by atoms with van der Waals surface area (Å²) in [5.41, 5.74) is 2.87. The summed E-state index contributed by atoms with van der Waals surface area (Å²) in [6, 6.07) is 17.7. The molecule has 7 nitrogen and oxygen atoms in total. The van der Waals surface area contributed by atoms with Gasteiger partial charge < -0.3 is 9.47 Å². The highest BCUT2D eigenvalue weighted by atomic mass is 19.1. The van der Waals surface area contributed by atoms with E-state index in [1.54, 1.807) is 49.6 Å². The van der Waals surface area contributed by atoms with Crippen LogP contribution in [-0.2, 0) is 13.7 Å². The van der Waals surface area contributed by atoms with Gasteiger partial charge in [-0.05, 0) is 52.7 Å².